The van der Waals surface area contributed by atoms with Gasteiger partial charge in [-0.25, -0.2) is 0 Å². The molecule has 1 aromatic heterocycles. The highest BCUT2D eigenvalue weighted by molar-refractivity contribution is 6.21. The van der Waals surface area contributed by atoms with Crippen LogP contribution in [0.2, 0.25) is 0 Å². The number of furan rings is 1. The molecule has 2 aliphatic heterocycles. The van der Waals surface area contributed by atoms with Gasteiger partial charge in [0, 0.05) is 18.7 Å². The highest BCUT2D eigenvalue weighted by Gasteiger charge is 2.36. The highest BCUT2D eigenvalue weighted by Crippen LogP contribution is 2.26. The van der Waals surface area contributed by atoms with E-state index in [4.69, 9.17) is 9.15 Å². The van der Waals surface area contributed by atoms with E-state index in [2.05, 4.69) is 5.32 Å². The maximum absolute atomic E-state index is 12.6. The molecule has 0 bridgehead atoms. The van der Waals surface area contributed by atoms with Crippen LogP contribution >= 0.6 is 0 Å². The summed E-state index contributed by atoms with van der Waals surface area (Å²) >= 11 is 0. The number of amides is 3. The van der Waals surface area contributed by atoms with Gasteiger partial charge in [-0.15, -0.1) is 0 Å². The van der Waals surface area contributed by atoms with E-state index < -0.39 is 5.91 Å². The van der Waals surface area contributed by atoms with Crippen molar-refractivity contribution in [1.29, 1.82) is 0 Å². The van der Waals surface area contributed by atoms with E-state index in [0.717, 1.165) is 24.3 Å². The number of imide groups is 1. The van der Waals surface area contributed by atoms with Crippen LogP contribution in [0.25, 0.3) is 0 Å². The van der Waals surface area contributed by atoms with Gasteiger partial charge >= 0.3 is 0 Å². The number of fused-ring (bicyclic) bond motifs is 1. The van der Waals surface area contributed by atoms with Crippen molar-refractivity contribution < 1.29 is 23.5 Å². The maximum Gasteiger partial charge on any atom is 0.261 e. The third kappa shape index (κ3) is 3.01. The lowest BCUT2D eigenvalue weighted by Crippen LogP contribution is -2.31. The quantitative estimate of drug-likeness (QED) is 0.830. The molecule has 2 aromatic rings. The first-order valence-electron chi connectivity index (χ1n) is 8.56. The SMILES string of the molecule is O=C(NC[C@H]1CCCO1)c1ccc2c(c1)C(=O)N(Cc1ccco1)C2=O. The zero-order chi connectivity index (χ0) is 18.1. The first-order valence-corrected chi connectivity index (χ1v) is 8.56. The summed E-state index contributed by atoms with van der Waals surface area (Å²) in [4.78, 5) is 38.5. The number of ether oxygens (including phenoxy) is 1. The van der Waals surface area contributed by atoms with E-state index in [1.807, 2.05) is 0 Å². The predicted octanol–water partition coefficient (Wildman–Crippen LogP) is 1.98. The van der Waals surface area contributed by atoms with Gasteiger partial charge in [0.25, 0.3) is 17.7 Å². The fourth-order valence-electron chi connectivity index (χ4n) is 3.25. The van der Waals surface area contributed by atoms with Crippen molar-refractivity contribution in [3.05, 3.63) is 59.0 Å². The van der Waals surface area contributed by atoms with E-state index >= 15 is 0 Å². The Morgan fingerprint density at radius 2 is 2.04 bits per heavy atom. The molecule has 3 amide bonds. The summed E-state index contributed by atoms with van der Waals surface area (Å²) in [5.74, 6) is -0.565. The molecule has 1 saturated heterocycles. The number of nitrogens with one attached hydrogen (secondary N) is 1. The van der Waals surface area contributed by atoms with Crippen molar-refractivity contribution in [2.24, 2.45) is 0 Å². The Balaban J connectivity index is 1.49. The fraction of sp³-hybridized carbons (Fsp3) is 0.316. The first-order chi connectivity index (χ1) is 12.6. The minimum Gasteiger partial charge on any atom is -0.467 e. The number of hydrogen-bond acceptors (Lipinski definition) is 5. The topological polar surface area (TPSA) is 88.8 Å². The van der Waals surface area contributed by atoms with Crippen LogP contribution in [0, 0.1) is 0 Å². The Morgan fingerprint density at radius 1 is 1.19 bits per heavy atom. The Labute approximate surface area is 149 Å². The molecule has 2 aliphatic rings. The summed E-state index contributed by atoms with van der Waals surface area (Å²) in [7, 11) is 0. The largest absolute Gasteiger partial charge is 0.467 e. The highest BCUT2D eigenvalue weighted by atomic mass is 16.5. The van der Waals surface area contributed by atoms with E-state index in [-0.39, 0.29) is 30.0 Å². The molecule has 1 atom stereocenters. The molecule has 0 unspecified atom stereocenters. The molecule has 26 heavy (non-hydrogen) atoms. The number of rotatable bonds is 5. The molecule has 7 nitrogen and oxygen atoms in total. The van der Waals surface area contributed by atoms with Gasteiger partial charge in [-0.3, -0.25) is 19.3 Å². The lowest BCUT2D eigenvalue weighted by atomic mass is 10.1. The molecule has 0 radical (unpaired) electrons. The van der Waals surface area contributed by atoms with Crippen LogP contribution in [0.1, 0.15) is 49.7 Å². The summed E-state index contributed by atoms with van der Waals surface area (Å²) in [6, 6.07) is 7.96. The fourth-order valence-corrected chi connectivity index (χ4v) is 3.25. The first kappa shape index (κ1) is 16.5. The average Bonchev–Trinajstić information content (AvgIpc) is 3.39. The summed E-state index contributed by atoms with van der Waals surface area (Å²) < 4.78 is 10.7. The van der Waals surface area contributed by atoms with Crippen molar-refractivity contribution in [2.45, 2.75) is 25.5 Å². The molecule has 1 aromatic carbocycles. The van der Waals surface area contributed by atoms with Crippen molar-refractivity contribution >= 4 is 17.7 Å². The Bertz CT molecular complexity index is 853. The Hall–Kier alpha value is -2.93. The van der Waals surface area contributed by atoms with E-state index in [9.17, 15) is 14.4 Å². The number of carbonyl (C=O) groups excluding carboxylic acids is 3. The lowest BCUT2D eigenvalue weighted by Gasteiger charge is -2.11. The van der Waals surface area contributed by atoms with Gasteiger partial charge in [0.1, 0.15) is 5.76 Å². The van der Waals surface area contributed by atoms with Crippen molar-refractivity contribution in [3.8, 4) is 0 Å². The van der Waals surface area contributed by atoms with Gasteiger partial charge in [-0.2, -0.15) is 0 Å². The van der Waals surface area contributed by atoms with E-state index in [0.29, 0.717) is 23.4 Å². The molecular formula is C19H18N2O5. The van der Waals surface area contributed by atoms with Gasteiger partial charge in [0.15, 0.2) is 0 Å². The molecule has 1 N–H and O–H groups in total. The lowest BCUT2D eigenvalue weighted by molar-refractivity contribution is 0.0631. The normalized spacial score (nSPS) is 19.1. The summed E-state index contributed by atoms with van der Waals surface area (Å²) in [6.45, 7) is 1.23. The molecule has 0 aliphatic carbocycles. The van der Waals surface area contributed by atoms with Crippen LogP contribution in [0.4, 0.5) is 0 Å². The second-order valence-corrected chi connectivity index (χ2v) is 6.38. The van der Waals surface area contributed by atoms with Crippen LogP contribution in [0.5, 0.6) is 0 Å². The monoisotopic (exact) mass is 354 g/mol. The molecule has 3 heterocycles. The van der Waals surface area contributed by atoms with E-state index in [1.54, 1.807) is 18.2 Å². The molecular weight excluding hydrogens is 336 g/mol. The van der Waals surface area contributed by atoms with Gasteiger partial charge in [0.2, 0.25) is 0 Å². The van der Waals surface area contributed by atoms with Gasteiger partial charge in [0.05, 0.1) is 30.0 Å². The summed E-state index contributed by atoms with van der Waals surface area (Å²) in [5, 5.41) is 2.82. The molecule has 0 spiro atoms. The standard InChI is InChI=1S/C19H18N2O5/c22-17(20-10-13-3-1-7-25-13)12-5-6-15-16(9-12)19(24)21(18(15)23)11-14-4-2-8-26-14/h2,4-6,8-9,13H,1,3,7,10-11H2,(H,20,22)/t13-/m1/s1. The third-order valence-electron chi connectivity index (χ3n) is 4.64. The van der Waals surface area contributed by atoms with Crippen LogP contribution in [-0.4, -0.2) is 41.9 Å². The number of carbonyl (C=O) groups is 3. The van der Waals surface area contributed by atoms with E-state index in [1.165, 1.54) is 18.4 Å². The molecule has 1 fully saturated rings. The van der Waals surface area contributed by atoms with Crippen molar-refractivity contribution in [1.82, 2.24) is 10.2 Å². The Kier molecular flexibility index (Phi) is 4.30. The molecule has 4 rings (SSSR count). The Morgan fingerprint density at radius 3 is 2.77 bits per heavy atom. The number of hydrogen-bond donors (Lipinski definition) is 1. The van der Waals surface area contributed by atoms with Gasteiger partial charge in [-0.1, -0.05) is 0 Å². The minimum atomic E-state index is -0.421. The zero-order valence-corrected chi connectivity index (χ0v) is 14.1. The van der Waals surface area contributed by atoms with Crippen LogP contribution in [0.3, 0.4) is 0 Å². The third-order valence-corrected chi connectivity index (χ3v) is 4.64. The summed E-state index contributed by atoms with van der Waals surface area (Å²) in [6.07, 6.45) is 3.46. The van der Waals surface area contributed by atoms with Crippen LogP contribution in [-0.2, 0) is 11.3 Å². The van der Waals surface area contributed by atoms with Crippen LogP contribution < -0.4 is 5.32 Å². The average molecular weight is 354 g/mol. The second-order valence-electron chi connectivity index (χ2n) is 6.38. The number of nitrogens with zero attached hydrogens (tertiary/aromatic N) is 1. The maximum atomic E-state index is 12.6. The van der Waals surface area contributed by atoms with Crippen molar-refractivity contribution in [3.63, 3.8) is 0 Å². The molecule has 0 saturated carbocycles. The zero-order valence-electron chi connectivity index (χ0n) is 14.1. The van der Waals surface area contributed by atoms with Crippen LogP contribution in [0.15, 0.2) is 41.0 Å². The molecule has 7 heteroatoms. The molecule has 134 valence electrons. The second kappa shape index (κ2) is 6.76. The smallest absolute Gasteiger partial charge is 0.261 e. The number of benzene rings is 1. The summed E-state index contributed by atoms with van der Waals surface area (Å²) in [5.41, 5.74) is 0.895. The van der Waals surface area contributed by atoms with Crippen molar-refractivity contribution in [2.75, 3.05) is 13.2 Å². The van der Waals surface area contributed by atoms with Gasteiger partial charge < -0.3 is 14.5 Å². The predicted molar refractivity (Wildman–Crippen MR) is 90.7 cm³/mol. The minimum absolute atomic E-state index is 0.0420. The van der Waals surface area contributed by atoms with Gasteiger partial charge in [-0.05, 0) is 43.2 Å².